The molecule has 5 heteroatoms. The largest absolute Gasteiger partial charge is 0.481 e. The molecule has 88 valence electrons. The van der Waals surface area contributed by atoms with E-state index in [1.165, 1.54) is 18.2 Å². The third kappa shape index (κ3) is 3.86. The quantitative estimate of drug-likeness (QED) is 0.778. The average molecular weight is 227 g/mol. The molecule has 0 saturated heterocycles. The molecule has 0 aromatic heterocycles. The summed E-state index contributed by atoms with van der Waals surface area (Å²) in [4.78, 5) is 11.2. The van der Waals surface area contributed by atoms with Crippen molar-refractivity contribution < 1.29 is 19.0 Å². The lowest BCUT2D eigenvalue weighted by atomic mass is 10.3. The average Bonchev–Trinajstić information content (AvgIpc) is 2.28. The molecule has 0 heterocycles. The summed E-state index contributed by atoms with van der Waals surface area (Å²) in [5.41, 5.74) is 0. The Bertz CT molecular complexity index is 357. The highest BCUT2D eigenvalue weighted by molar-refractivity contribution is 5.77. The smallest absolute Gasteiger partial charge is 0.258 e. The van der Waals surface area contributed by atoms with Crippen molar-refractivity contribution in [1.82, 2.24) is 5.32 Å². The van der Waals surface area contributed by atoms with Gasteiger partial charge in [-0.2, -0.15) is 0 Å². The molecule has 0 bridgehead atoms. The summed E-state index contributed by atoms with van der Waals surface area (Å²) >= 11 is 0. The third-order valence-corrected chi connectivity index (χ3v) is 1.88. The summed E-state index contributed by atoms with van der Waals surface area (Å²) in [5, 5.41) is 11.2. The number of halogens is 1. The Labute approximate surface area is 93.0 Å². The van der Waals surface area contributed by atoms with E-state index in [1.807, 2.05) is 0 Å². The molecule has 0 aliphatic carbocycles. The summed E-state index contributed by atoms with van der Waals surface area (Å²) in [7, 11) is 0. The minimum Gasteiger partial charge on any atom is -0.481 e. The predicted octanol–water partition coefficient (Wildman–Crippen LogP) is 0.701. The molecule has 2 N–H and O–H groups in total. The van der Waals surface area contributed by atoms with E-state index in [2.05, 4.69) is 5.32 Å². The molecule has 0 aliphatic rings. The van der Waals surface area contributed by atoms with Crippen molar-refractivity contribution in [2.75, 3.05) is 13.2 Å². The van der Waals surface area contributed by atoms with Gasteiger partial charge in [0.1, 0.15) is 0 Å². The lowest BCUT2D eigenvalue weighted by Crippen LogP contribution is -2.38. The number of amides is 1. The summed E-state index contributed by atoms with van der Waals surface area (Å²) in [6.45, 7) is 1.23. The summed E-state index contributed by atoms with van der Waals surface area (Å²) in [6, 6.07) is 5.52. The molecule has 16 heavy (non-hydrogen) atoms. The first-order valence-electron chi connectivity index (χ1n) is 4.91. The number of hydrogen-bond donors (Lipinski definition) is 2. The Morgan fingerprint density at radius 1 is 1.56 bits per heavy atom. The molecule has 1 amide bonds. The molecule has 1 unspecified atom stereocenters. The highest BCUT2D eigenvalue weighted by Gasteiger charge is 2.08. The van der Waals surface area contributed by atoms with E-state index >= 15 is 0 Å². The molecule has 0 fully saturated rings. The van der Waals surface area contributed by atoms with Crippen LogP contribution >= 0.6 is 0 Å². The van der Waals surface area contributed by atoms with Crippen molar-refractivity contribution in [3.63, 3.8) is 0 Å². The second-order valence-corrected chi connectivity index (χ2v) is 3.37. The maximum Gasteiger partial charge on any atom is 0.258 e. The van der Waals surface area contributed by atoms with Crippen molar-refractivity contribution >= 4 is 5.91 Å². The Hall–Kier alpha value is -1.62. The Balaban J connectivity index is 2.40. The Morgan fingerprint density at radius 3 is 2.88 bits per heavy atom. The topological polar surface area (TPSA) is 58.6 Å². The standard InChI is InChI=1S/C11H14FNO3/c1-8(6-14)13-11(15)7-16-10-5-3-2-4-9(10)12/h2-5,8,14H,6-7H2,1H3,(H,13,15). The first kappa shape index (κ1) is 12.4. The van der Waals surface area contributed by atoms with Crippen molar-refractivity contribution in [2.45, 2.75) is 13.0 Å². The second-order valence-electron chi connectivity index (χ2n) is 3.37. The molecule has 0 radical (unpaired) electrons. The summed E-state index contributed by atoms with van der Waals surface area (Å²) in [6.07, 6.45) is 0. The van der Waals surface area contributed by atoms with Crippen LogP contribution in [0.5, 0.6) is 5.75 Å². The van der Waals surface area contributed by atoms with Gasteiger partial charge in [0.25, 0.3) is 5.91 Å². The highest BCUT2D eigenvalue weighted by atomic mass is 19.1. The number of ether oxygens (including phenoxy) is 1. The molecular formula is C11H14FNO3. The number of benzene rings is 1. The minimum atomic E-state index is -0.509. The van der Waals surface area contributed by atoms with Gasteiger partial charge in [-0.05, 0) is 19.1 Å². The van der Waals surface area contributed by atoms with E-state index in [9.17, 15) is 9.18 Å². The monoisotopic (exact) mass is 227 g/mol. The number of carbonyl (C=O) groups excluding carboxylic acids is 1. The van der Waals surface area contributed by atoms with Gasteiger partial charge in [0.05, 0.1) is 6.61 Å². The number of para-hydroxylation sites is 1. The van der Waals surface area contributed by atoms with E-state index in [0.29, 0.717) is 0 Å². The van der Waals surface area contributed by atoms with Crippen LogP contribution in [-0.4, -0.2) is 30.3 Å². The predicted molar refractivity (Wildman–Crippen MR) is 56.6 cm³/mol. The van der Waals surface area contributed by atoms with Crippen LogP contribution in [0, 0.1) is 5.82 Å². The zero-order chi connectivity index (χ0) is 12.0. The van der Waals surface area contributed by atoms with E-state index in [-0.39, 0.29) is 25.0 Å². The van der Waals surface area contributed by atoms with Gasteiger partial charge in [0.2, 0.25) is 0 Å². The fraction of sp³-hybridized carbons (Fsp3) is 0.364. The first-order valence-corrected chi connectivity index (χ1v) is 4.91. The number of aliphatic hydroxyl groups is 1. The molecule has 1 aromatic carbocycles. The lowest BCUT2D eigenvalue weighted by Gasteiger charge is -2.11. The molecular weight excluding hydrogens is 213 g/mol. The summed E-state index contributed by atoms with van der Waals surface area (Å²) < 4.78 is 18.0. The van der Waals surface area contributed by atoms with E-state index in [0.717, 1.165) is 0 Å². The van der Waals surface area contributed by atoms with Gasteiger partial charge in [-0.1, -0.05) is 12.1 Å². The fourth-order valence-electron chi connectivity index (χ4n) is 1.07. The van der Waals surface area contributed by atoms with Crippen LogP contribution in [0.15, 0.2) is 24.3 Å². The normalized spacial score (nSPS) is 11.9. The summed E-state index contributed by atoms with van der Waals surface area (Å²) in [5.74, 6) is -0.871. The van der Waals surface area contributed by atoms with Crippen LogP contribution in [0.2, 0.25) is 0 Å². The number of aliphatic hydroxyl groups excluding tert-OH is 1. The number of nitrogens with one attached hydrogen (secondary N) is 1. The Morgan fingerprint density at radius 2 is 2.25 bits per heavy atom. The van der Waals surface area contributed by atoms with Gasteiger partial charge < -0.3 is 15.2 Å². The zero-order valence-corrected chi connectivity index (χ0v) is 8.94. The third-order valence-electron chi connectivity index (χ3n) is 1.88. The van der Waals surface area contributed by atoms with Crippen LogP contribution in [0.3, 0.4) is 0 Å². The minimum absolute atomic E-state index is 0.0364. The van der Waals surface area contributed by atoms with Gasteiger partial charge >= 0.3 is 0 Å². The van der Waals surface area contributed by atoms with Crippen molar-refractivity contribution in [2.24, 2.45) is 0 Å². The van der Waals surface area contributed by atoms with Gasteiger partial charge in [-0.3, -0.25) is 4.79 Å². The molecule has 0 spiro atoms. The number of rotatable bonds is 5. The molecule has 1 atom stereocenters. The molecule has 0 aliphatic heterocycles. The van der Waals surface area contributed by atoms with Gasteiger partial charge in [0, 0.05) is 6.04 Å². The van der Waals surface area contributed by atoms with Crippen molar-refractivity contribution in [3.8, 4) is 5.75 Å². The second kappa shape index (κ2) is 6.07. The van der Waals surface area contributed by atoms with E-state index in [4.69, 9.17) is 9.84 Å². The molecule has 0 saturated carbocycles. The van der Waals surface area contributed by atoms with Gasteiger partial charge in [-0.15, -0.1) is 0 Å². The SMILES string of the molecule is CC(CO)NC(=O)COc1ccccc1F. The Kier molecular flexibility index (Phi) is 4.72. The van der Waals surface area contributed by atoms with Crippen LogP contribution in [0.1, 0.15) is 6.92 Å². The van der Waals surface area contributed by atoms with Crippen molar-refractivity contribution in [3.05, 3.63) is 30.1 Å². The van der Waals surface area contributed by atoms with Crippen LogP contribution < -0.4 is 10.1 Å². The van der Waals surface area contributed by atoms with Crippen LogP contribution in [0.25, 0.3) is 0 Å². The highest BCUT2D eigenvalue weighted by Crippen LogP contribution is 2.14. The van der Waals surface area contributed by atoms with Crippen LogP contribution in [0.4, 0.5) is 4.39 Å². The fourth-order valence-corrected chi connectivity index (χ4v) is 1.07. The van der Waals surface area contributed by atoms with Crippen molar-refractivity contribution in [1.29, 1.82) is 0 Å². The maximum atomic E-state index is 13.1. The van der Waals surface area contributed by atoms with Gasteiger partial charge in [-0.25, -0.2) is 4.39 Å². The number of carbonyl (C=O) groups is 1. The van der Waals surface area contributed by atoms with E-state index in [1.54, 1.807) is 13.0 Å². The zero-order valence-electron chi connectivity index (χ0n) is 8.94. The lowest BCUT2D eigenvalue weighted by molar-refractivity contribution is -0.124. The molecule has 4 nitrogen and oxygen atoms in total. The number of hydrogen-bond acceptors (Lipinski definition) is 3. The molecule has 1 rings (SSSR count). The first-order chi connectivity index (χ1) is 7.63. The van der Waals surface area contributed by atoms with Gasteiger partial charge in [0.15, 0.2) is 18.2 Å². The molecule has 1 aromatic rings. The van der Waals surface area contributed by atoms with Crippen LogP contribution in [-0.2, 0) is 4.79 Å². The maximum absolute atomic E-state index is 13.1. The van der Waals surface area contributed by atoms with E-state index < -0.39 is 11.7 Å².